The molecule has 0 bridgehead atoms. The summed E-state index contributed by atoms with van der Waals surface area (Å²) in [6.07, 6.45) is 6.15. The van der Waals surface area contributed by atoms with Gasteiger partial charge in [0.05, 0.1) is 23.2 Å². The van der Waals surface area contributed by atoms with Gasteiger partial charge < -0.3 is 10.1 Å². The first-order valence-corrected chi connectivity index (χ1v) is 10.8. The standard InChI is InChI=1S/C24H30ClNO2/c1-2-3-14-28-24(27)21(20-10-7-11-20)15-19-12-13-22(25)23(16-19)26-17-18-8-5-4-6-9-18/h4-6,8-9,12-13,16,20-21,26H,2-3,7,10-11,14-15,17H2,1H3. The van der Waals surface area contributed by atoms with Crippen LogP contribution >= 0.6 is 11.6 Å². The highest BCUT2D eigenvalue weighted by molar-refractivity contribution is 6.33. The number of benzene rings is 2. The third kappa shape index (κ3) is 5.75. The molecule has 2 aromatic carbocycles. The van der Waals surface area contributed by atoms with Crippen LogP contribution in [-0.2, 0) is 22.5 Å². The molecule has 0 heterocycles. The van der Waals surface area contributed by atoms with Crippen LogP contribution in [0.1, 0.15) is 50.2 Å². The van der Waals surface area contributed by atoms with Crippen molar-refractivity contribution < 1.29 is 9.53 Å². The predicted molar refractivity (Wildman–Crippen MR) is 116 cm³/mol. The van der Waals surface area contributed by atoms with Crippen molar-refractivity contribution in [2.45, 2.75) is 52.0 Å². The Labute approximate surface area is 173 Å². The van der Waals surface area contributed by atoms with Gasteiger partial charge in [-0.2, -0.15) is 0 Å². The number of nitrogens with one attached hydrogen (secondary N) is 1. The summed E-state index contributed by atoms with van der Waals surface area (Å²) < 4.78 is 5.55. The zero-order valence-electron chi connectivity index (χ0n) is 16.6. The van der Waals surface area contributed by atoms with Crippen LogP contribution in [0.3, 0.4) is 0 Å². The van der Waals surface area contributed by atoms with Crippen molar-refractivity contribution in [3.63, 3.8) is 0 Å². The van der Waals surface area contributed by atoms with Crippen molar-refractivity contribution in [1.29, 1.82) is 0 Å². The highest BCUT2D eigenvalue weighted by Gasteiger charge is 2.33. The van der Waals surface area contributed by atoms with Gasteiger partial charge >= 0.3 is 5.97 Å². The molecule has 1 atom stereocenters. The molecule has 150 valence electrons. The molecule has 0 amide bonds. The Hall–Kier alpha value is -2.00. The Balaban J connectivity index is 1.66. The van der Waals surface area contributed by atoms with Crippen molar-refractivity contribution in [2.24, 2.45) is 11.8 Å². The lowest BCUT2D eigenvalue weighted by Crippen LogP contribution is -2.32. The van der Waals surface area contributed by atoms with E-state index < -0.39 is 0 Å². The topological polar surface area (TPSA) is 38.3 Å². The average Bonchev–Trinajstić information content (AvgIpc) is 2.67. The normalized spacial score (nSPS) is 14.9. The minimum absolute atomic E-state index is 0.0353. The molecule has 0 saturated heterocycles. The lowest BCUT2D eigenvalue weighted by molar-refractivity contribution is -0.151. The summed E-state index contributed by atoms with van der Waals surface area (Å²) in [5.74, 6) is 0.367. The number of hydrogen-bond acceptors (Lipinski definition) is 3. The third-order valence-corrected chi connectivity index (χ3v) is 5.91. The molecular weight excluding hydrogens is 370 g/mol. The Bertz CT molecular complexity index is 758. The highest BCUT2D eigenvalue weighted by atomic mass is 35.5. The third-order valence-electron chi connectivity index (χ3n) is 5.58. The summed E-state index contributed by atoms with van der Waals surface area (Å²) in [5, 5.41) is 4.12. The molecular formula is C24H30ClNO2. The van der Waals surface area contributed by atoms with Crippen LogP contribution in [0.15, 0.2) is 48.5 Å². The van der Waals surface area contributed by atoms with Gasteiger partial charge in [0, 0.05) is 6.54 Å². The van der Waals surface area contributed by atoms with Crippen LogP contribution in [0.25, 0.3) is 0 Å². The second kappa shape index (κ2) is 10.5. The molecule has 0 aromatic heterocycles. The van der Waals surface area contributed by atoms with Crippen molar-refractivity contribution >= 4 is 23.3 Å². The van der Waals surface area contributed by atoms with Gasteiger partial charge in [0.1, 0.15) is 0 Å². The quantitative estimate of drug-likeness (QED) is 0.378. The number of rotatable bonds is 10. The maximum Gasteiger partial charge on any atom is 0.309 e. The van der Waals surface area contributed by atoms with E-state index in [-0.39, 0.29) is 11.9 Å². The molecule has 0 aliphatic heterocycles. The molecule has 0 radical (unpaired) electrons. The Morgan fingerprint density at radius 2 is 1.96 bits per heavy atom. The first kappa shape index (κ1) is 20.7. The number of ether oxygens (including phenoxy) is 1. The van der Waals surface area contributed by atoms with Crippen LogP contribution in [0.5, 0.6) is 0 Å². The fourth-order valence-electron chi connectivity index (χ4n) is 3.59. The van der Waals surface area contributed by atoms with Crippen molar-refractivity contribution in [1.82, 2.24) is 0 Å². The Morgan fingerprint density at radius 3 is 2.64 bits per heavy atom. The second-order valence-corrected chi connectivity index (χ2v) is 8.08. The van der Waals surface area contributed by atoms with Gasteiger partial charge in [-0.25, -0.2) is 0 Å². The second-order valence-electron chi connectivity index (χ2n) is 7.68. The Kier molecular flexibility index (Phi) is 7.79. The maximum absolute atomic E-state index is 12.7. The first-order valence-electron chi connectivity index (χ1n) is 10.4. The van der Waals surface area contributed by atoms with Crippen LogP contribution in [0.4, 0.5) is 5.69 Å². The van der Waals surface area contributed by atoms with E-state index in [4.69, 9.17) is 16.3 Å². The van der Waals surface area contributed by atoms with E-state index in [1.165, 1.54) is 12.0 Å². The van der Waals surface area contributed by atoms with Gasteiger partial charge in [-0.05, 0) is 54.9 Å². The lowest BCUT2D eigenvalue weighted by atomic mass is 9.73. The molecule has 1 fully saturated rings. The number of hydrogen-bond donors (Lipinski definition) is 1. The van der Waals surface area contributed by atoms with E-state index in [0.717, 1.165) is 43.5 Å². The summed E-state index contributed by atoms with van der Waals surface area (Å²) >= 11 is 6.39. The van der Waals surface area contributed by atoms with E-state index in [1.54, 1.807) is 0 Å². The molecule has 1 saturated carbocycles. The fraction of sp³-hybridized carbons (Fsp3) is 0.458. The SMILES string of the molecule is CCCCOC(=O)C(Cc1ccc(Cl)c(NCc2ccccc2)c1)C1CCC1. The molecule has 2 aromatic rings. The van der Waals surface area contributed by atoms with Crippen molar-refractivity contribution in [3.05, 3.63) is 64.7 Å². The zero-order valence-corrected chi connectivity index (χ0v) is 17.4. The summed E-state index contributed by atoms with van der Waals surface area (Å²) in [5.41, 5.74) is 3.25. The van der Waals surface area contributed by atoms with Gasteiger partial charge in [-0.15, -0.1) is 0 Å². The Morgan fingerprint density at radius 1 is 1.18 bits per heavy atom. The average molecular weight is 400 g/mol. The number of carbonyl (C=O) groups is 1. The molecule has 3 rings (SSSR count). The van der Waals surface area contributed by atoms with E-state index in [2.05, 4.69) is 30.4 Å². The van der Waals surface area contributed by atoms with Gasteiger partial charge in [0.25, 0.3) is 0 Å². The molecule has 28 heavy (non-hydrogen) atoms. The molecule has 1 unspecified atom stereocenters. The van der Waals surface area contributed by atoms with Crippen molar-refractivity contribution in [3.8, 4) is 0 Å². The summed E-state index contributed by atoms with van der Waals surface area (Å²) in [6, 6.07) is 16.3. The zero-order chi connectivity index (χ0) is 19.8. The van der Waals surface area contributed by atoms with Crippen LogP contribution in [-0.4, -0.2) is 12.6 Å². The summed E-state index contributed by atoms with van der Waals surface area (Å²) in [6.45, 7) is 3.35. The smallest absolute Gasteiger partial charge is 0.309 e. The van der Waals surface area contributed by atoms with Crippen LogP contribution in [0, 0.1) is 11.8 Å². The minimum atomic E-state index is -0.0474. The van der Waals surface area contributed by atoms with Crippen LogP contribution in [0.2, 0.25) is 5.02 Å². The van der Waals surface area contributed by atoms with E-state index in [1.807, 2.05) is 30.3 Å². The largest absolute Gasteiger partial charge is 0.465 e. The number of anilines is 1. The predicted octanol–water partition coefficient (Wildman–Crippen LogP) is 6.25. The molecule has 1 N–H and O–H groups in total. The van der Waals surface area contributed by atoms with Crippen molar-refractivity contribution in [2.75, 3.05) is 11.9 Å². The molecule has 1 aliphatic rings. The number of esters is 1. The van der Waals surface area contributed by atoms with Gasteiger partial charge in [0.2, 0.25) is 0 Å². The minimum Gasteiger partial charge on any atom is -0.465 e. The highest BCUT2D eigenvalue weighted by Crippen LogP contribution is 2.37. The summed E-state index contributed by atoms with van der Waals surface area (Å²) in [4.78, 5) is 12.7. The number of halogens is 1. The van der Waals surface area contributed by atoms with Gasteiger partial charge in [0.15, 0.2) is 0 Å². The number of carbonyl (C=O) groups excluding carboxylic acids is 1. The molecule has 3 nitrogen and oxygen atoms in total. The van der Waals surface area contributed by atoms with E-state index in [9.17, 15) is 4.79 Å². The molecule has 4 heteroatoms. The van der Waals surface area contributed by atoms with Gasteiger partial charge in [-0.3, -0.25) is 4.79 Å². The van der Waals surface area contributed by atoms with E-state index >= 15 is 0 Å². The van der Waals surface area contributed by atoms with Gasteiger partial charge in [-0.1, -0.05) is 67.8 Å². The number of unbranched alkanes of at least 4 members (excludes halogenated alkanes) is 1. The summed E-state index contributed by atoms with van der Waals surface area (Å²) in [7, 11) is 0. The molecule has 1 aliphatic carbocycles. The lowest BCUT2D eigenvalue weighted by Gasteiger charge is -2.32. The maximum atomic E-state index is 12.7. The molecule has 0 spiro atoms. The fourth-order valence-corrected chi connectivity index (χ4v) is 3.78. The monoisotopic (exact) mass is 399 g/mol. The first-order chi connectivity index (χ1) is 13.7. The van der Waals surface area contributed by atoms with E-state index in [0.29, 0.717) is 24.0 Å². The van der Waals surface area contributed by atoms with Crippen LogP contribution < -0.4 is 5.32 Å².